The molecule has 2 rings (SSSR count). The first-order valence-electron chi connectivity index (χ1n) is 4.82. The highest BCUT2D eigenvalue weighted by atomic mass is 16.3. The van der Waals surface area contributed by atoms with Gasteiger partial charge < -0.3 is 9.52 Å². The van der Waals surface area contributed by atoms with Gasteiger partial charge in [-0.25, -0.2) is 0 Å². The number of rotatable bonds is 3. The topological polar surface area (TPSA) is 33.4 Å². The molecule has 1 heterocycles. The average molecular weight is 180 g/mol. The highest BCUT2D eigenvalue weighted by molar-refractivity contribution is 5.23. The van der Waals surface area contributed by atoms with Crippen LogP contribution < -0.4 is 0 Å². The lowest BCUT2D eigenvalue weighted by molar-refractivity contribution is 0.210. The number of aryl methyl sites for hydroxylation is 2. The normalized spacial score (nSPS) is 19.0. The van der Waals surface area contributed by atoms with Gasteiger partial charge in [0, 0.05) is 6.61 Å². The summed E-state index contributed by atoms with van der Waals surface area (Å²) < 4.78 is 5.45. The molecule has 0 spiro atoms. The maximum atomic E-state index is 9.18. The summed E-state index contributed by atoms with van der Waals surface area (Å²) in [6, 6.07) is 2.09. The second-order valence-corrected chi connectivity index (χ2v) is 4.27. The maximum Gasteiger partial charge on any atom is 0.104 e. The Kier molecular flexibility index (Phi) is 1.95. The second-order valence-electron chi connectivity index (χ2n) is 4.27. The summed E-state index contributed by atoms with van der Waals surface area (Å²) in [4.78, 5) is 0. The third kappa shape index (κ3) is 1.63. The monoisotopic (exact) mass is 180 g/mol. The van der Waals surface area contributed by atoms with Gasteiger partial charge in [0.15, 0.2) is 0 Å². The van der Waals surface area contributed by atoms with Gasteiger partial charge in [-0.2, -0.15) is 0 Å². The van der Waals surface area contributed by atoms with Gasteiger partial charge in [0.25, 0.3) is 0 Å². The van der Waals surface area contributed by atoms with Crippen molar-refractivity contribution < 1.29 is 9.52 Å². The van der Waals surface area contributed by atoms with Gasteiger partial charge >= 0.3 is 0 Å². The Labute approximate surface area is 78.6 Å². The lowest BCUT2D eigenvalue weighted by Gasteiger charge is -2.09. The van der Waals surface area contributed by atoms with E-state index in [0.717, 1.165) is 30.8 Å². The van der Waals surface area contributed by atoms with E-state index in [1.807, 2.05) is 13.8 Å². The van der Waals surface area contributed by atoms with Crippen LogP contribution in [0.15, 0.2) is 10.5 Å². The lowest BCUT2D eigenvalue weighted by atomic mass is 9.98. The third-order valence-electron chi connectivity index (χ3n) is 3.00. The van der Waals surface area contributed by atoms with Crippen molar-refractivity contribution in [1.29, 1.82) is 0 Å². The molecule has 1 saturated carbocycles. The fraction of sp³-hybridized carbons (Fsp3) is 0.636. The molecule has 1 fully saturated rings. The number of furan rings is 1. The van der Waals surface area contributed by atoms with Crippen molar-refractivity contribution in [2.24, 2.45) is 5.41 Å². The van der Waals surface area contributed by atoms with E-state index in [0.29, 0.717) is 6.61 Å². The summed E-state index contributed by atoms with van der Waals surface area (Å²) in [6.45, 7) is 4.28. The van der Waals surface area contributed by atoms with Crippen molar-refractivity contribution in [3.05, 3.63) is 23.2 Å². The Balaban J connectivity index is 2.13. The largest absolute Gasteiger partial charge is 0.466 e. The van der Waals surface area contributed by atoms with E-state index in [9.17, 15) is 5.11 Å². The van der Waals surface area contributed by atoms with Crippen LogP contribution in [0, 0.1) is 19.3 Å². The first kappa shape index (κ1) is 8.82. The van der Waals surface area contributed by atoms with E-state index in [1.54, 1.807) is 0 Å². The van der Waals surface area contributed by atoms with Gasteiger partial charge in [0.2, 0.25) is 0 Å². The van der Waals surface area contributed by atoms with E-state index in [1.165, 1.54) is 5.56 Å². The number of aliphatic hydroxyl groups excluding tert-OH is 1. The fourth-order valence-corrected chi connectivity index (χ4v) is 1.83. The first-order valence-corrected chi connectivity index (χ1v) is 4.82. The molecule has 2 nitrogen and oxygen atoms in total. The molecular formula is C11H16O2. The fourth-order valence-electron chi connectivity index (χ4n) is 1.83. The molecule has 1 aromatic rings. The summed E-state index contributed by atoms with van der Waals surface area (Å²) >= 11 is 0. The number of aliphatic hydroxyl groups is 1. The van der Waals surface area contributed by atoms with Crippen molar-refractivity contribution >= 4 is 0 Å². The lowest BCUT2D eigenvalue weighted by Crippen LogP contribution is -2.10. The van der Waals surface area contributed by atoms with Crippen LogP contribution in [0.1, 0.15) is 29.9 Å². The Hall–Kier alpha value is -0.760. The summed E-state index contributed by atoms with van der Waals surface area (Å²) in [5, 5.41) is 9.18. The van der Waals surface area contributed by atoms with Crippen LogP contribution in [-0.2, 0) is 6.42 Å². The third-order valence-corrected chi connectivity index (χ3v) is 3.00. The van der Waals surface area contributed by atoms with Crippen LogP contribution in [-0.4, -0.2) is 11.7 Å². The summed E-state index contributed by atoms with van der Waals surface area (Å²) in [7, 11) is 0. The van der Waals surface area contributed by atoms with Crippen LogP contribution in [0.3, 0.4) is 0 Å². The predicted octanol–water partition coefficient (Wildman–Crippen LogP) is 2.21. The molecule has 0 aromatic carbocycles. The second kappa shape index (κ2) is 2.88. The Morgan fingerprint density at radius 1 is 1.46 bits per heavy atom. The van der Waals surface area contributed by atoms with E-state index >= 15 is 0 Å². The molecule has 0 aliphatic heterocycles. The smallest absolute Gasteiger partial charge is 0.104 e. The van der Waals surface area contributed by atoms with E-state index in [2.05, 4.69) is 6.07 Å². The van der Waals surface area contributed by atoms with Crippen LogP contribution in [0.2, 0.25) is 0 Å². The van der Waals surface area contributed by atoms with Gasteiger partial charge in [0.1, 0.15) is 11.5 Å². The van der Waals surface area contributed by atoms with E-state index in [4.69, 9.17) is 4.42 Å². The Morgan fingerprint density at radius 2 is 2.15 bits per heavy atom. The molecule has 1 aromatic heterocycles. The first-order chi connectivity index (χ1) is 6.15. The predicted molar refractivity (Wildman–Crippen MR) is 50.6 cm³/mol. The molecule has 0 radical (unpaired) electrons. The average Bonchev–Trinajstić information content (AvgIpc) is 2.77. The minimum atomic E-state index is 0.196. The maximum absolute atomic E-state index is 9.18. The highest BCUT2D eigenvalue weighted by Crippen LogP contribution is 2.48. The molecule has 0 unspecified atom stereocenters. The molecule has 0 saturated heterocycles. The molecule has 2 heteroatoms. The Morgan fingerprint density at radius 3 is 2.54 bits per heavy atom. The zero-order valence-electron chi connectivity index (χ0n) is 8.26. The molecule has 13 heavy (non-hydrogen) atoms. The summed E-state index contributed by atoms with van der Waals surface area (Å²) in [6.07, 6.45) is 3.30. The molecule has 1 N–H and O–H groups in total. The molecular weight excluding hydrogens is 164 g/mol. The quantitative estimate of drug-likeness (QED) is 0.773. The van der Waals surface area contributed by atoms with Gasteiger partial charge in [-0.1, -0.05) is 0 Å². The number of hydrogen-bond acceptors (Lipinski definition) is 2. The minimum absolute atomic E-state index is 0.196. The minimum Gasteiger partial charge on any atom is -0.466 e. The van der Waals surface area contributed by atoms with Crippen molar-refractivity contribution in [2.75, 3.05) is 6.61 Å². The highest BCUT2D eigenvalue weighted by Gasteiger charge is 2.42. The zero-order valence-corrected chi connectivity index (χ0v) is 8.26. The molecule has 0 amide bonds. The van der Waals surface area contributed by atoms with Gasteiger partial charge in [0.05, 0.1) is 0 Å². The molecule has 72 valence electrons. The van der Waals surface area contributed by atoms with Crippen molar-refractivity contribution in [3.63, 3.8) is 0 Å². The molecule has 1 aliphatic carbocycles. The Bertz CT molecular complexity index is 308. The standard InChI is InChI=1S/C11H16O2/c1-8-5-10(9(2)13-8)6-11(7-12)3-4-11/h5,12H,3-4,6-7H2,1-2H3. The van der Waals surface area contributed by atoms with Crippen LogP contribution in [0.5, 0.6) is 0 Å². The molecule has 0 atom stereocenters. The molecule has 0 bridgehead atoms. The van der Waals surface area contributed by atoms with Crippen molar-refractivity contribution in [1.82, 2.24) is 0 Å². The summed E-state index contributed by atoms with van der Waals surface area (Å²) in [5.41, 5.74) is 1.46. The van der Waals surface area contributed by atoms with E-state index < -0.39 is 0 Å². The SMILES string of the molecule is Cc1cc(CC2(CO)CC2)c(C)o1. The van der Waals surface area contributed by atoms with Gasteiger partial charge in [-0.05, 0) is 50.2 Å². The van der Waals surface area contributed by atoms with Crippen LogP contribution >= 0.6 is 0 Å². The number of hydrogen-bond donors (Lipinski definition) is 1. The summed E-state index contributed by atoms with van der Waals surface area (Å²) in [5.74, 6) is 1.98. The van der Waals surface area contributed by atoms with E-state index in [-0.39, 0.29) is 5.41 Å². The van der Waals surface area contributed by atoms with Crippen LogP contribution in [0.4, 0.5) is 0 Å². The van der Waals surface area contributed by atoms with Gasteiger partial charge in [-0.15, -0.1) is 0 Å². The van der Waals surface area contributed by atoms with Crippen molar-refractivity contribution in [2.45, 2.75) is 33.1 Å². The van der Waals surface area contributed by atoms with Crippen LogP contribution in [0.25, 0.3) is 0 Å². The van der Waals surface area contributed by atoms with Gasteiger partial charge in [-0.3, -0.25) is 0 Å². The zero-order chi connectivity index (χ0) is 9.47. The van der Waals surface area contributed by atoms with Crippen molar-refractivity contribution in [3.8, 4) is 0 Å². The molecule has 1 aliphatic rings.